The average Bonchev–Trinajstić information content (AvgIpc) is 2.91. The van der Waals surface area contributed by atoms with Crippen LogP contribution in [0.15, 0.2) is 60.7 Å². The van der Waals surface area contributed by atoms with Crippen LogP contribution in [-0.4, -0.2) is 52.3 Å². The molecule has 1 heterocycles. The van der Waals surface area contributed by atoms with Gasteiger partial charge in [0.15, 0.2) is 0 Å². The van der Waals surface area contributed by atoms with E-state index < -0.39 is 5.60 Å². The van der Waals surface area contributed by atoms with Crippen LogP contribution in [0.1, 0.15) is 97.1 Å². The molecule has 5 heteroatoms. The summed E-state index contributed by atoms with van der Waals surface area (Å²) in [5.41, 5.74) is 2.34. The first-order chi connectivity index (χ1) is 19.2. The molecule has 1 saturated carbocycles. The third-order valence-corrected chi connectivity index (χ3v) is 8.66. The van der Waals surface area contributed by atoms with E-state index in [0.29, 0.717) is 6.04 Å². The molecule has 2 aromatic rings. The zero-order chi connectivity index (χ0) is 28.5. The Kier molecular flexibility index (Phi) is 11.1. The van der Waals surface area contributed by atoms with Gasteiger partial charge in [-0.25, -0.2) is 4.79 Å². The molecule has 1 aliphatic carbocycles. The van der Waals surface area contributed by atoms with Crippen LogP contribution in [0.4, 0.5) is 4.79 Å². The molecular formula is C35H52N2O3. The molecule has 1 unspecified atom stereocenters. The van der Waals surface area contributed by atoms with Gasteiger partial charge in [0.25, 0.3) is 0 Å². The maximum absolute atomic E-state index is 12.7. The highest BCUT2D eigenvalue weighted by Gasteiger charge is 2.36. The summed E-state index contributed by atoms with van der Waals surface area (Å²) in [4.78, 5) is 17.3. The number of ether oxygens (including phenoxy) is 2. The largest absolute Gasteiger partial charge is 0.444 e. The Hall–Kier alpha value is -2.37. The predicted molar refractivity (Wildman–Crippen MR) is 163 cm³/mol. The molecule has 2 fully saturated rings. The summed E-state index contributed by atoms with van der Waals surface area (Å²) >= 11 is 0. The Balaban J connectivity index is 1.18. The second kappa shape index (κ2) is 14.5. The van der Waals surface area contributed by atoms with E-state index >= 15 is 0 Å². The average molecular weight is 549 g/mol. The smallest absolute Gasteiger partial charge is 0.410 e. The van der Waals surface area contributed by atoms with Gasteiger partial charge in [-0.05, 0) is 103 Å². The molecule has 1 amide bonds. The summed E-state index contributed by atoms with van der Waals surface area (Å²) in [7, 11) is 0. The molecule has 4 rings (SSSR count). The number of hydrogen-bond acceptors (Lipinski definition) is 4. The zero-order valence-corrected chi connectivity index (χ0v) is 25.6. The van der Waals surface area contributed by atoms with Gasteiger partial charge in [-0.1, -0.05) is 60.7 Å². The molecule has 0 radical (unpaired) electrons. The van der Waals surface area contributed by atoms with Crippen LogP contribution in [0.25, 0.3) is 0 Å². The summed E-state index contributed by atoms with van der Waals surface area (Å²) in [6.45, 7) is 12.9. The molecule has 1 aliphatic heterocycles. The number of benzene rings is 2. The van der Waals surface area contributed by atoms with Crippen LogP contribution in [0, 0.1) is 5.92 Å². The molecule has 1 saturated heterocycles. The maximum atomic E-state index is 12.7. The minimum Gasteiger partial charge on any atom is -0.444 e. The fourth-order valence-corrected chi connectivity index (χ4v) is 6.70. The van der Waals surface area contributed by atoms with Crippen LogP contribution < -0.4 is 0 Å². The first-order valence-electron chi connectivity index (χ1n) is 15.6. The molecule has 0 N–H and O–H groups in total. The summed E-state index contributed by atoms with van der Waals surface area (Å²) in [6, 6.07) is 22.8. The van der Waals surface area contributed by atoms with Crippen molar-refractivity contribution in [3.05, 3.63) is 71.8 Å². The molecule has 40 heavy (non-hydrogen) atoms. The zero-order valence-electron chi connectivity index (χ0n) is 25.6. The number of carbonyl (C=O) groups is 1. The highest BCUT2D eigenvalue weighted by molar-refractivity contribution is 5.69. The lowest BCUT2D eigenvalue weighted by atomic mass is 9.82. The third-order valence-electron chi connectivity index (χ3n) is 8.66. The fourth-order valence-electron chi connectivity index (χ4n) is 6.70. The second-order valence-electron chi connectivity index (χ2n) is 13.2. The maximum Gasteiger partial charge on any atom is 0.410 e. The van der Waals surface area contributed by atoms with Gasteiger partial charge in [-0.15, -0.1) is 0 Å². The van der Waals surface area contributed by atoms with Crippen molar-refractivity contribution in [2.24, 2.45) is 5.92 Å². The minimum absolute atomic E-state index is 0.133. The first-order valence-corrected chi connectivity index (χ1v) is 15.6. The van der Waals surface area contributed by atoms with E-state index in [0.717, 1.165) is 44.9 Å². The molecular weight excluding hydrogens is 496 g/mol. The van der Waals surface area contributed by atoms with E-state index in [1.54, 1.807) is 0 Å². The van der Waals surface area contributed by atoms with Gasteiger partial charge < -0.3 is 14.4 Å². The van der Waals surface area contributed by atoms with Crippen LogP contribution in [0.5, 0.6) is 0 Å². The number of carbonyl (C=O) groups excluding carboxylic acids is 1. The van der Waals surface area contributed by atoms with Crippen LogP contribution in [0.3, 0.4) is 0 Å². The topological polar surface area (TPSA) is 42.0 Å². The number of piperidine rings is 1. The van der Waals surface area contributed by atoms with Gasteiger partial charge in [-0.2, -0.15) is 0 Å². The van der Waals surface area contributed by atoms with Gasteiger partial charge in [0.1, 0.15) is 5.60 Å². The lowest BCUT2D eigenvalue weighted by molar-refractivity contribution is -0.0467. The van der Waals surface area contributed by atoms with E-state index in [-0.39, 0.29) is 24.3 Å². The van der Waals surface area contributed by atoms with Crippen LogP contribution in [0.2, 0.25) is 0 Å². The number of amides is 1. The van der Waals surface area contributed by atoms with Crippen molar-refractivity contribution in [1.29, 1.82) is 0 Å². The number of nitrogens with zero attached hydrogens (tertiary/aromatic N) is 2. The van der Waals surface area contributed by atoms with E-state index in [9.17, 15) is 4.79 Å². The van der Waals surface area contributed by atoms with Gasteiger partial charge in [0.2, 0.25) is 0 Å². The Labute approximate surface area is 243 Å². The number of rotatable bonds is 10. The van der Waals surface area contributed by atoms with Crippen molar-refractivity contribution in [1.82, 2.24) is 9.80 Å². The highest BCUT2D eigenvalue weighted by Crippen LogP contribution is 2.33. The summed E-state index contributed by atoms with van der Waals surface area (Å²) in [5, 5.41) is 0. The lowest BCUT2D eigenvalue weighted by Crippen LogP contribution is -2.53. The van der Waals surface area contributed by atoms with Gasteiger partial charge in [0, 0.05) is 37.8 Å². The molecule has 0 bridgehead atoms. The quantitative estimate of drug-likeness (QED) is 0.281. The minimum atomic E-state index is -0.467. The van der Waals surface area contributed by atoms with Crippen molar-refractivity contribution in [3.8, 4) is 0 Å². The van der Waals surface area contributed by atoms with Crippen LogP contribution >= 0.6 is 0 Å². The lowest BCUT2D eigenvalue weighted by Gasteiger charge is -2.42. The van der Waals surface area contributed by atoms with E-state index in [1.165, 1.54) is 43.2 Å². The molecule has 2 aliphatic rings. The predicted octanol–water partition coefficient (Wildman–Crippen LogP) is 8.22. The van der Waals surface area contributed by atoms with Crippen molar-refractivity contribution < 1.29 is 14.3 Å². The Morgan fingerprint density at radius 1 is 0.850 bits per heavy atom. The van der Waals surface area contributed by atoms with Gasteiger partial charge in [-0.3, -0.25) is 4.90 Å². The summed E-state index contributed by atoms with van der Waals surface area (Å²) < 4.78 is 12.0. The normalized spacial score (nSPS) is 25.6. The molecule has 5 nitrogen and oxygen atoms in total. The van der Waals surface area contributed by atoms with Crippen LogP contribution in [-0.2, 0) is 22.6 Å². The van der Waals surface area contributed by atoms with E-state index in [1.807, 2.05) is 25.7 Å². The standard InChI is InChI=1S/C35H52N2O3/c1-27-23-33(24-28(2)37(27)34(38)40-35(3,4)5)39-22-12-17-29-18-20-32(21-19-29)36(25-30-13-8-6-9-14-30)26-31-15-10-7-11-16-31/h6-11,13-16,27-29,32-33H,12,17-26H2,1-5H3/t27-,28+,29?,32?,33?. The first kappa shape index (κ1) is 30.6. The number of likely N-dealkylation sites (tertiary alicyclic amines) is 1. The van der Waals surface area contributed by atoms with Gasteiger partial charge >= 0.3 is 6.09 Å². The molecule has 0 aromatic heterocycles. The summed E-state index contributed by atoms with van der Waals surface area (Å²) in [6.07, 6.45) is 9.36. The molecule has 0 spiro atoms. The highest BCUT2D eigenvalue weighted by atomic mass is 16.6. The SMILES string of the molecule is C[C@@H]1CC(OCCCC2CCC(N(Cc3ccccc3)Cc3ccccc3)CC2)C[C@H](C)N1C(=O)OC(C)(C)C. The second-order valence-corrected chi connectivity index (χ2v) is 13.2. The third kappa shape index (κ3) is 9.34. The molecule has 2 aromatic carbocycles. The van der Waals surface area contributed by atoms with Gasteiger partial charge in [0.05, 0.1) is 6.10 Å². The van der Waals surface area contributed by atoms with Crippen molar-refractivity contribution in [2.75, 3.05) is 6.61 Å². The number of hydrogen-bond donors (Lipinski definition) is 0. The van der Waals surface area contributed by atoms with E-state index in [4.69, 9.17) is 9.47 Å². The van der Waals surface area contributed by atoms with Crippen molar-refractivity contribution >= 4 is 6.09 Å². The van der Waals surface area contributed by atoms with Crippen molar-refractivity contribution in [2.45, 2.75) is 129 Å². The van der Waals surface area contributed by atoms with Crippen molar-refractivity contribution in [3.63, 3.8) is 0 Å². The Morgan fingerprint density at radius 3 is 1.88 bits per heavy atom. The Morgan fingerprint density at radius 2 is 1.38 bits per heavy atom. The molecule has 220 valence electrons. The molecule has 3 atom stereocenters. The Bertz CT molecular complexity index is 960. The summed E-state index contributed by atoms with van der Waals surface area (Å²) in [5.74, 6) is 0.807. The fraction of sp³-hybridized carbons (Fsp3) is 0.629. The van der Waals surface area contributed by atoms with E-state index in [2.05, 4.69) is 79.4 Å². The monoisotopic (exact) mass is 548 g/mol.